The predicted molar refractivity (Wildman–Crippen MR) is 117 cm³/mol. The minimum absolute atomic E-state index is 0.0661. The van der Waals surface area contributed by atoms with Crippen LogP contribution >= 0.6 is 11.6 Å². The smallest absolute Gasteiger partial charge is 0.295 e. The van der Waals surface area contributed by atoms with Crippen LogP contribution in [0.3, 0.4) is 0 Å². The summed E-state index contributed by atoms with van der Waals surface area (Å²) >= 11 is 6.02. The van der Waals surface area contributed by atoms with Crippen molar-refractivity contribution in [3.05, 3.63) is 89.2 Å². The van der Waals surface area contributed by atoms with E-state index >= 15 is 0 Å². The van der Waals surface area contributed by atoms with Crippen molar-refractivity contribution >= 4 is 23.2 Å². The van der Waals surface area contributed by atoms with Crippen LogP contribution in [0, 0.1) is 6.92 Å². The lowest BCUT2D eigenvalue weighted by Crippen LogP contribution is -2.14. The Morgan fingerprint density at radius 3 is 2.27 bits per heavy atom. The van der Waals surface area contributed by atoms with Crippen molar-refractivity contribution in [1.82, 2.24) is 14.8 Å². The van der Waals surface area contributed by atoms with Crippen LogP contribution in [0.2, 0.25) is 5.02 Å². The number of hydrogen-bond donors (Lipinski definition) is 1. The topological polar surface area (TPSA) is 69.0 Å². The van der Waals surface area contributed by atoms with Gasteiger partial charge < -0.3 is 10.1 Å². The molecule has 1 amide bonds. The van der Waals surface area contributed by atoms with Gasteiger partial charge in [0.2, 0.25) is 5.82 Å². The normalized spacial score (nSPS) is 10.6. The predicted octanol–water partition coefficient (Wildman–Crippen LogP) is 5.16. The second kappa shape index (κ2) is 8.39. The molecule has 1 aromatic heterocycles. The number of halogens is 1. The minimum Gasteiger partial charge on any atom is -0.497 e. The van der Waals surface area contributed by atoms with Gasteiger partial charge in [-0.05, 0) is 67.6 Å². The summed E-state index contributed by atoms with van der Waals surface area (Å²) in [6.45, 7) is 1.99. The SMILES string of the molecule is COc1ccc(-c2nc(C(=O)Nc3ccc(C)cc3)nn2-c2ccc(Cl)cc2)cc1. The Bertz CT molecular complexity index is 1170. The first-order valence-electron chi connectivity index (χ1n) is 9.29. The van der Waals surface area contributed by atoms with Crippen LogP contribution in [0.5, 0.6) is 5.75 Å². The van der Waals surface area contributed by atoms with Crippen molar-refractivity contribution in [1.29, 1.82) is 0 Å². The number of rotatable bonds is 5. The first-order valence-corrected chi connectivity index (χ1v) is 9.67. The molecule has 0 saturated carbocycles. The third-order valence-electron chi connectivity index (χ3n) is 4.54. The zero-order valence-electron chi connectivity index (χ0n) is 16.5. The van der Waals surface area contributed by atoms with E-state index in [1.807, 2.05) is 67.6 Å². The van der Waals surface area contributed by atoms with Gasteiger partial charge in [-0.25, -0.2) is 9.67 Å². The number of hydrogen-bond acceptors (Lipinski definition) is 4. The molecule has 0 aliphatic rings. The van der Waals surface area contributed by atoms with Crippen molar-refractivity contribution in [2.75, 3.05) is 12.4 Å². The highest BCUT2D eigenvalue weighted by Gasteiger charge is 2.19. The number of nitrogens with one attached hydrogen (secondary N) is 1. The summed E-state index contributed by atoms with van der Waals surface area (Å²) < 4.78 is 6.86. The largest absolute Gasteiger partial charge is 0.497 e. The number of aryl methyl sites for hydroxylation is 1. The highest BCUT2D eigenvalue weighted by Crippen LogP contribution is 2.25. The molecule has 0 aliphatic heterocycles. The maximum absolute atomic E-state index is 12.8. The zero-order valence-corrected chi connectivity index (χ0v) is 17.2. The van der Waals surface area contributed by atoms with Gasteiger partial charge in [-0.3, -0.25) is 4.79 Å². The van der Waals surface area contributed by atoms with Gasteiger partial charge in [0, 0.05) is 16.3 Å². The minimum atomic E-state index is -0.388. The summed E-state index contributed by atoms with van der Waals surface area (Å²) in [5, 5.41) is 7.91. The Hall–Kier alpha value is -3.64. The Kier molecular flexibility index (Phi) is 5.50. The Labute approximate surface area is 179 Å². The number of methoxy groups -OCH3 is 1. The number of anilines is 1. The molecule has 4 rings (SSSR count). The first-order chi connectivity index (χ1) is 14.5. The van der Waals surface area contributed by atoms with Crippen LogP contribution in [0.15, 0.2) is 72.8 Å². The maximum atomic E-state index is 12.8. The molecule has 1 heterocycles. The molecule has 0 radical (unpaired) electrons. The zero-order chi connectivity index (χ0) is 21.1. The van der Waals surface area contributed by atoms with Gasteiger partial charge in [0.05, 0.1) is 12.8 Å². The molecule has 0 fully saturated rings. The molecule has 4 aromatic rings. The summed E-state index contributed by atoms with van der Waals surface area (Å²) in [6, 6.07) is 22.1. The van der Waals surface area contributed by atoms with E-state index in [0.717, 1.165) is 22.6 Å². The molecule has 0 unspecified atom stereocenters. The van der Waals surface area contributed by atoms with Crippen molar-refractivity contribution in [3.8, 4) is 22.8 Å². The van der Waals surface area contributed by atoms with Crippen LogP contribution in [0.4, 0.5) is 5.69 Å². The number of amides is 1. The van der Waals surface area contributed by atoms with Crippen molar-refractivity contribution in [2.45, 2.75) is 6.92 Å². The lowest BCUT2D eigenvalue weighted by Gasteiger charge is -2.07. The average Bonchev–Trinajstić information content (AvgIpc) is 3.21. The van der Waals surface area contributed by atoms with E-state index in [0.29, 0.717) is 16.5 Å². The molecule has 1 N–H and O–H groups in total. The third-order valence-corrected chi connectivity index (χ3v) is 4.79. The molecule has 0 aliphatic carbocycles. The van der Waals surface area contributed by atoms with E-state index in [2.05, 4.69) is 15.4 Å². The van der Waals surface area contributed by atoms with Crippen LogP contribution in [-0.2, 0) is 0 Å². The Balaban J connectivity index is 1.73. The number of benzene rings is 3. The van der Waals surface area contributed by atoms with E-state index < -0.39 is 0 Å². The van der Waals surface area contributed by atoms with Gasteiger partial charge in [-0.1, -0.05) is 29.3 Å². The molecule has 30 heavy (non-hydrogen) atoms. The molecule has 0 bridgehead atoms. The third kappa shape index (κ3) is 4.18. The number of ether oxygens (including phenoxy) is 1. The molecular formula is C23H19ClN4O2. The molecule has 3 aromatic carbocycles. The second-order valence-electron chi connectivity index (χ2n) is 6.70. The number of carbonyl (C=O) groups excluding carboxylic acids is 1. The average molecular weight is 419 g/mol. The fraction of sp³-hybridized carbons (Fsp3) is 0.0870. The quantitative estimate of drug-likeness (QED) is 0.486. The highest BCUT2D eigenvalue weighted by atomic mass is 35.5. The van der Waals surface area contributed by atoms with E-state index in [1.165, 1.54) is 0 Å². The lowest BCUT2D eigenvalue weighted by atomic mass is 10.2. The molecule has 0 spiro atoms. The van der Waals surface area contributed by atoms with Crippen molar-refractivity contribution in [3.63, 3.8) is 0 Å². The van der Waals surface area contributed by atoms with E-state index in [9.17, 15) is 4.79 Å². The van der Waals surface area contributed by atoms with Gasteiger partial charge in [0.25, 0.3) is 5.91 Å². The summed E-state index contributed by atoms with van der Waals surface area (Å²) in [7, 11) is 1.61. The molecule has 0 saturated heterocycles. The Morgan fingerprint density at radius 1 is 0.967 bits per heavy atom. The number of carbonyl (C=O) groups is 1. The molecule has 7 heteroatoms. The molecular weight excluding hydrogens is 400 g/mol. The summed E-state index contributed by atoms with van der Waals surface area (Å²) in [5.74, 6) is 0.945. The first kappa shape index (κ1) is 19.7. The van der Waals surface area contributed by atoms with Gasteiger partial charge in [-0.15, -0.1) is 5.10 Å². The van der Waals surface area contributed by atoms with Crippen molar-refractivity contribution in [2.24, 2.45) is 0 Å². The fourth-order valence-corrected chi connectivity index (χ4v) is 3.05. The maximum Gasteiger partial charge on any atom is 0.295 e. The summed E-state index contributed by atoms with van der Waals surface area (Å²) in [5.41, 5.74) is 3.33. The fourth-order valence-electron chi connectivity index (χ4n) is 2.92. The van der Waals surface area contributed by atoms with Crippen LogP contribution in [0.1, 0.15) is 16.2 Å². The number of aromatic nitrogens is 3. The van der Waals surface area contributed by atoms with Gasteiger partial charge in [0.1, 0.15) is 5.75 Å². The molecule has 150 valence electrons. The summed E-state index contributed by atoms with van der Waals surface area (Å²) in [6.07, 6.45) is 0. The van der Waals surface area contributed by atoms with Gasteiger partial charge in [-0.2, -0.15) is 0 Å². The van der Waals surface area contributed by atoms with Crippen LogP contribution < -0.4 is 10.1 Å². The van der Waals surface area contributed by atoms with E-state index in [4.69, 9.17) is 16.3 Å². The van der Waals surface area contributed by atoms with Crippen LogP contribution in [0.25, 0.3) is 17.1 Å². The van der Waals surface area contributed by atoms with Gasteiger partial charge in [0.15, 0.2) is 5.82 Å². The van der Waals surface area contributed by atoms with Gasteiger partial charge >= 0.3 is 0 Å². The molecule has 0 atom stereocenters. The lowest BCUT2D eigenvalue weighted by molar-refractivity contribution is 0.101. The Morgan fingerprint density at radius 2 is 1.63 bits per heavy atom. The van der Waals surface area contributed by atoms with Crippen LogP contribution in [-0.4, -0.2) is 27.8 Å². The van der Waals surface area contributed by atoms with E-state index in [-0.39, 0.29) is 11.7 Å². The highest BCUT2D eigenvalue weighted by molar-refractivity contribution is 6.30. The monoisotopic (exact) mass is 418 g/mol. The van der Waals surface area contributed by atoms with E-state index in [1.54, 1.807) is 23.9 Å². The second-order valence-corrected chi connectivity index (χ2v) is 7.13. The standard InChI is InChI=1S/C23H19ClN4O2/c1-15-3-9-18(10-4-15)25-23(29)21-26-22(16-5-13-20(30-2)14-6-16)28(27-21)19-11-7-17(24)8-12-19/h3-14H,1-2H3,(H,25,29). The molecule has 6 nitrogen and oxygen atoms in total. The number of nitrogens with zero attached hydrogens (tertiary/aromatic N) is 3. The summed E-state index contributed by atoms with van der Waals surface area (Å²) in [4.78, 5) is 17.3. The van der Waals surface area contributed by atoms with Crippen molar-refractivity contribution < 1.29 is 9.53 Å².